The molecule has 1 aromatic heterocycles. The van der Waals surface area contributed by atoms with E-state index in [1.165, 1.54) is 54.2 Å². The molecule has 0 spiro atoms. The smallest absolute Gasteiger partial charge is 0.0216 e. The second-order valence-electron chi connectivity index (χ2n) is 5.65. The summed E-state index contributed by atoms with van der Waals surface area (Å²) in [6, 6.07) is 2.32. The first kappa shape index (κ1) is 14.0. The topological polar surface area (TPSA) is 15.3 Å². The van der Waals surface area contributed by atoms with Gasteiger partial charge in [-0.25, -0.2) is 0 Å². The lowest BCUT2D eigenvalue weighted by atomic mass is 9.94. The number of nitrogens with zero attached hydrogens (tertiary/aromatic N) is 1. The number of thiophene rings is 1. The van der Waals surface area contributed by atoms with Crippen LogP contribution in [0.25, 0.3) is 0 Å². The summed E-state index contributed by atoms with van der Waals surface area (Å²) in [4.78, 5) is 5.35. The molecule has 2 heterocycles. The van der Waals surface area contributed by atoms with Crippen LogP contribution in [-0.2, 0) is 6.54 Å². The Morgan fingerprint density at radius 3 is 2.67 bits per heavy atom. The summed E-state index contributed by atoms with van der Waals surface area (Å²) in [5, 5.41) is 3.61. The summed E-state index contributed by atoms with van der Waals surface area (Å²) < 4.78 is 0. The van der Waals surface area contributed by atoms with Gasteiger partial charge in [0.2, 0.25) is 0 Å². The first-order chi connectivity index (χ1) is 8.65. The number of aryl methyl sites for hydroxylation is 2. The number of hydrogen-bond donors (Lipinski definition) is 1. The predicted molar refractivity (Wildman–Crippen MR) is 80.3 cm³/mol. The van der Waals surface area contributed by atoms with Gasteiger partial charge in [-0.15, -0.1) is 11.3 Å². The Kier molecular flexibility index (Phi) is 5.22. The molecule has 3 heteroatoms. The van der Waals surface area contributed by atoms with Gasteiger partial charge in [-0.1, -0.05) is 0 Å². The molecule has 0 radical (unpaired) electrons. The Hall–Kier alpha value is -0.380. The Balaban J connectivity index is 1.63. The summed E-state index contributed by atoms with van der Waals surface area (Å²) in [5.74, 6) is 0.944. The molecule has 1 fully saturated rings. The number of hydrogen-bond acceptors (Lipinski definition) is 3. The largest absolute Gasteiger partial charge is 0.313 e. The van der Waals surface area contributed by atoms with Crippen molar-refractivity contribution in [3.8, 4) is 0 Å². The third-order valence-electron chi connectivity index (χ3n) is 4.03. The molecule has 0 atom stereocenters. The second-order valence-corrected chi connectivity index (χ2v) is 7.11. The molecule has 102 valence electrons. The Morgan fingerprint density at radius 1 is 1.33 bits per heavy atom. The fraction of sp³-hybridized carbons (Fsp3) is 0.733. The van der Waals surface area contributed by atoms with E-state index in [1.54, 1.807) is 0 Å². The van der Waals surface area contributed by atoms with Crippen LogP contribution < -0.4 is 5.32 Å². The summed E-state index contributed by atoms with van der Waals surface area (Å²) in [6.45, 7) is 9.21. The summed E-state index contributed by atoms with van der Waals surface area (Å²) in [7, 11) is 2.23. The molecule has 2 nitrogen and oxygen atoms in total. The fourth-order valence-corrected chi connectivity index (χ4v) is 3.69. The van der Waals surface area contributed by atoms with Crippen LogP contribution in [-0.4, -0.2) is 31.6 Å². The standard InChI is InChI=1S/C15H26N2S/c1-12-10-15(13(2)18-12)11-16-7-4-14-5-8-17(3)9-6-14/h10,14,16H,4-9,11H2,1-3H3. The molecule has 18 heavy (non-hydrogen) atoms. The van der Waals surface area contributed by atoms with Crippen molar-refractivity contribution >= 4 is 11.3 Å². The van der Waals surface area contributed by atoms with Crippen LogP contribution in [0.15, 0.2) is 6.07 Å². The quantitative estimate of drug-likeness (QED) is 0.824. The molecule has 0 bridgehead atoms. The molecule has 0 aliphatic carbocycles. The number of rotatable bonds is 5. The Labute approximate surface area is 115 Å². The minimum absolute atomic E-state index is 0.944. The lowest BCUT2D eigenvalue weighted by Crippen LogP contribution is -2.31. The van der Waals surface area contributed by atoms with E-state index in [9.17, 15) is 0 Å². The van der Waals surface area contributed by atoms with E-state index < -0.39 is 0 Å². The molecule has 1 aliphatic heterocycles. The second kappa shape index (κ2) is 6.69. The average molecular weight is 266 g/mol. The summed E-state index contributed by atoms with van der Waals surface area (Å²) in [5.41, 5.74) is 1.49. The highest BCUT2D eigenvalue weighted by Gasteiger charge is 2.15. The molecule has 1 saturated heterocycles. The SMILES string of the molecule is Cc1cc(CNCCC2CCN(C)CC2)c(C)s1. The van der Waals surface area contributed by atoms with Gasteiger partial charge < -0.3 is 10.2 Å². The maximum Gasteiger partial charge on any atom is 0.0216 e. The maximum absolute atomic E-state index is 3.61. The Morgan fingerprint density at radius 2 is 2.06 bits per heavy atom. The molecule has 1 N–H and O–H groups in total. The summed E-state index contributed by atoms with van der Waals surface area (Å²) in [6.07, 6.45) is 4.11. The third kappa shape index (κ3) is 4.08. The molecule has 2 rings (SSSR count). The van der Waals surface area contributed by atoms with Crippen molar-refractivity contribution in [2.24, 2.45) is 5.92 Å². The van der Waals surface area contributed by atoms with Crippen molar-refractivity contribution < 1.29 is 0 Å². The van der Waals surface area contributed by atoms with Gasteiger partial charge in [-0.05, 0) is 77.3 Å². The van der Waals surface area contributed by atoms with Gasteiger partial charge in [0, 0.05) is 16.3 Å². The van der Waals surface area contributed by atoms with Gasteiger partial charge in [0.1, 0.15) is 0 Å². The zero-order chi connectivity index (χ0) is 13.0. The lowest BCUT2D eigenvalue weighted by Gasteiger charge is -2.28. The van der Waals surface area contributed by atoms with E-state index in [1.807, 2.05) is 11.3 Å². The highest BCUT2D eigenvalue weighted by molar-refractivity contribution is 7.12. The van der Waals surface area contributed by atoms with Crippen molar-refractivity contribution in [2.75, 3.05) is 26.7 Å². The maximum atomic E-state index is 3.61. The molecular weight excluding hydrogens is 240 g/mol. The van der Waals surface area contributed by atoms with Crippen LogP contribution in [0.2, 0.25) is 0 Å². The van der Waals surface area contributed by atoms with Crippen LogP contribution in [0.3, 0.4) is 0 Å². The van der Waals surface area contributed by atoms with Gasteiger partial charge in [0.25, 0.3) is 0 Å². The first-order valence-corrected chi connectivity index (χ1v) is 7.92. The molecule has 0 amide bonds. The van der Waals surface area contributed by atoms with Crippen molar-refractivity contribution in [3.63, 3.8) is 0 Å². The average Bonchev–Trinajstić information content (AvgIpc) is 2.66. The normalized spacial score (nSPS) is 18.4. The lowest BCUT2D eigenvalue weighted by molar-refractivity contribution is 0.211. The minimum Gasteiger partial charge on any atom is -0.313 e. The monoisotopic (exact) mass is 266 g/mol. The highest BCUT2D eigenvalue weighted by atomic mass is 32.1. The summed E-state index contributed by atoms with van der Waals surface area (Å²) >= 11 is 1.91. The van der Waals surface area contributed by atoms with Crippen molar-refractivity contribution in [3.05, 3.63) is 21.4 Å². The van der Waals surface area contributed by atoms with Crippen molar-refractivity contribution in [1.82, 2.24) is 10.2 Å². The van der Waals surface area contributed by atoms with E-state index in [0.717, 1.165) is 12.5 Å². The molecule has 0 aromatic carbocycles. The van der Waals surface area contributed by atoms with Crippen LogP contribution in [0.4, 0.5) is 0 Å². The third-order valence-corrected chi connectivity index (χ3v) is 5.03. The number of nitrogens with one attached hydrogen (secondary N) is 1. The zero-order valence-electron chi connectivity index (χ0n) is 12.0. The van der Waals surface area contributed by atoms with Crippen molar-refractivity contribution in [2.45, 2.75) is 39.7 Å². The van der Waals surface area contributed by atoms with E-state index in [0.29, 0.717) is 0 Å². The zero-order valence-corrected chi connectivity index (χ0v) is 12.8. The number of piperidine rings is 1. The molecule has 0 unspecified atom stereocenters. The molecule has 0 saturated carbocycles. The fourth-order valence-electron chi connectivity index (χ4n) is 2.74. The van der Waals surface area contributed by atoms with Gasteiger partial charge >= 0.3 is 0 Å². The Bertz CT molecular complexity index is 365. The van der Waals surface area contributed by atoms with E-state index in [-0.39, 0.29) is 0 Å². The molecule has 1 aromatic rings. The van der Waals surface area contributed by atoms with Gasteiger partial charge in [0.15, 0.2) is 0 Å². The number of likely N-dealkylation sites (tertiary alicyclic amines) is 1. The van der Waals surface area contributed by atoms with Crippen LogP contribution in [0.1, 0.15) is 34.6 Å². The molecule has 1 aliphatic rings. The van der Waals surface area contributed by atoms with Gasteiger partial charge in [-0.2, -0.15) is 0 Å². The molecular formula is C15H26N2S. The van der Waals surface area contributed by atoms with Gasteiger partial charge in [0.05, 0.1) is 0 Å². The van der Waals surface area contributed by atoms with Crippen molar-refractivity contribution in [1.29, 1.82) is 0 Å². The van der Waals surface area contributed by atoms with E-state index >= 15 is 0 Å². The van der Waals surface area contributed by atoms with Gasteiger partial charge in [-0.3, -0.25) is 0 Å². The van der Waals surface area contributed by atoms with Crippen LogP contribution in [0, 0.1) is 19.8 Å². The van der Waals surface area contributed by atoms with Crippen LogP contribution >= 0.6 is 11.3 Å². The predicted octanol–water partition coefficient (Wildman–Crippen LogP) is 3.19. The van der Waals surface area contributed by atoms with Crippen LogP contribution in [0.5, 0.6) is 0 Å². The first-order valence-electron chi connectivity index (χ1n) is 7.10. The van der Waals surface area contributed by atoms with E-state index in [4.69, 9.17) is 0 Å². The highest BCUT2D eigenvalue weighted by Crippen LogP contribution is 2.21. The van der Waals surface area contributed by atoms with E-state index in [2.05, 4.69) is 37.2 Å². The minimum atomic E-state index is 0.944.